The van der Waals surface area contributed by atoms with Gasteiger partial charge in [-0.25, -0.2) is 0 Å². The van der Waals surface area contributed by atoms with E-state index in [9.17, 15) is 0 Å². The Morgan fingerprint density at radius 1 is 1.25 bits per heavy atom. The first-order valence-electron chi connectivity index (χ1n) is 8.00. The monoisotopic (exact) mass is 276 g/mol. The molecule has 1 fully saturated rings. The second-order valence-electron chi connectivity index (χ2n) is 6.11. The molecule has 0 spiro atoms. The average molecular weight is 276 g/mol. The quantitative estimate of drug-likeness (QED) is 0.897. The highest BCUT2D eigenvalue weighted by Gasteiger charge is 2.16. The van der Waals surface area contributed by atoms with Gasteiger partial charge in [-0.05, 0) is 37.3 Å². The van der Waals surface area contributed by atoms with Gasteiger partial charge in [-0.2, -0.15) is 5.10 Å². The van der Waals surface area contributed by atoms with Gasteiger partial charge in [0.1, 0.15) is 0 Å². The minimum atomic E-state index is 0.480. The minimum absolute atomic E-state index is 0.480. The van der Waals surface area contributed by atoms with E-state index in [0.29, 0.717) is 6.04 Å². The molecule has 112 valence electrons. The molecule has 0 saturated carbocycles. The Morgan fingerprint density at radius 3 is 2.75 bits per heavy atom. The van der Waals surface area contributed by atoms with E-state index >= 15 is 0 Å². The number of anilines is 1. The SMILES string of the molecule is CCC1CCCN(c2ccc(CNC(C)C)nn2)CC1. The van der Waals surface area contributed by atoms with E-state index < -0.39 is 0 Å². The summed E-state index contributed by atoms with van der Waals surface area (Å²) in [6, 6.07) is 4.70. The molecule has 0 aromatic carbocycles. The molecule has 0 radical (unpaired) electrons. The predicted molar refractivity (Wildman–Crippen MR) is 83.9 cm³/mol. The molecule has 0 bridgehead atoms. The Hall–Kier alpha value is -1.16. The molecule has 0 aliphatic carbocycles. The first kappa shape index (κ1) is 15.2. The van der Waals surface area contributed by atoms with Gasteiger partial charge in [0.15, 0.2) is 5.82 Å². The van der Waals surface area contributed by atoms with Crippen LogP contribution in [0.2, 0.25) is 0 Å². The van der Waals surface area contributed by atoms with Crippen LogP contribution in [-0.4, -0.2) is 29.3 Å². The maximum Gasteiger partial charge on any atom is 0.151 e. The second kappa shape index (κ2) is 7.58. The van der Waals surface area contributed by atoms with Crippen molar-refractivity contribution in [2.75, 3.05) is 18.0 Å². The van der Waals surface area contributed by atoms with Crippen LogP contribution in [0.3, 0.4) is 0 Å². The second-order valence-corrected chi connectivity index (χ2v) is 6.11. The van der Waals surface area contributed by atoms with Crippen molar-refractivity contribution in [3.8, 4) is 0 Å². The van der Waals surface area contributed by atoms with Gasteiger partial charge in [0.25, 0.3) is 0 Å². The Bertz CT molecular complexity index is 388. The van der Waals surface area contributed by atoms with Gasteiger partial charge in [-0.15, -0.1) is 5.10 Å². The Kier molecular flexibility index (Phi) is 5.77. The molecular weight excluding hydrogens is 248 g/mol. The Morgan fingerprint density at radius 2 is 2.10 bits per heavy atom. The van der Waals surface area contributed by atoms with E-state index in [4.69, 9.17) is 0 Å². The number of rotatable bonds is 5. The van der Waals surface area contributed by atoms with Crippen LogP contribution in [0.25, 0.3) is 0 Å². The third-order valence-corrected chi connectivity index (χ3v) is 4.15. The van der Waals surface area contributed by atoms with Crippen molar-refractivity contribution in [2.24, 2.45) is 5.92 Å². The van der Waals surface area contributed by atoms with E-state index in [1.165, 1.54) is 25.7 Å². The fourth-order valence-corrected chi connectivity index (χ4v) is 2.73. The van der Waals surface area contributed by atoms with Gasteiger partial charge in [0.05, 0.1) is 5.69 Å². The first-order chi connectivity index (χ1) is 9.69. The zero-order chi connectivity index (χ0) is 14.4. The molecule has 1 unspecified atom stereocenters. The molecule has 1 aliphatic heterocycles. The highest BCUT2D eigenvalue weighted by Crippen LogP contribution is 2.22. The summed E-state index contributed by atoms with van der Waals surface area (Å²) in [5, 5.41) is 12.1. The van der Waals surface area contributed by atoms with E-state index in [-0.39, 0.29) is 0 Å². The van der Waals surface area contributed by atoms with Crippen LogP contribution in [0.4, 0.5) is 5.82 Å². The van der Waals surface area contributed by atoms with Crippen LogP contribution in [0, 0.1) is 5.92 Å². The van der Waals surface area contributed by atoms with Crippen molar-refractivity contribution < 1.29 is 0 Å². The zero-order valence-corrected chi connectivity index (χ0v) is 13.1. The number of nitrogens with zero attached hydrogens (tertiary/aromatic N) is 3. The van der Waals surface area contributed by atoms with Crippen molar-refractivity contribution >= 4 is 5.82 Å². The topological polar surface area (TPSA) is 41.0 Å². The van der Waals surface area contributed by atoms with Gasteiger partial charge in [0, 0.05) is 25.7 Å². The van der Waals surface area contributed by atoms with Gasteiger partial charge in [0.2, 0.25) is 0 Å². The molecule has 4 nitrogen and oxygen atoms in total. The maximum atomic E-state index is 4.41. The summed E-state index contributed by atoms with van der Waals surface area (Å²) in [5.41, 5.74) is 1.02. The molecule has 1 aliphatic rings. The van der Waals surface area contributed by atoms with Crippen molar-refractivity contribution in [2.45, 2.75) is 59.0 Å². The Balaban J connectivity index is 1.92. The lowest BCUT2D eigenvalue weighted by Gasteiger charge is -2.21. The summed E-state index contributed by atoms with van der Waals surface area (Å²) in [4.78, 5) is 2.39. The lowest BCUT2D eigenvalue weighted by atomic mass is 9.98. The lowest BCUT2D eigenvalue weighted by molar-refractivity contribution is 0.459. The number of nitrogens with one attached hydrogen (secondary N) is 1. The molecule has 20 heavy (non-hydrogen) atoms. The summed E-state index contributed by atoms with van der Waals surface area (Å²) in [6.45, 7) is 9.62. The first-order valence-corrected chi connectivity index (χ1v) is 8.00. The molecular formula is C16H28N4. The van der Waals surface area contributed by atoms with Gasteiger partial charge < -0.3 is 10.2 Å². The average Bonchev–Trinajstić information content (AvgIpc) is 2.71. The standard InChI is InChI=1S/C16H28N4/c1-4-14-6-5-10-20(11-9-14)16-8-7-15(18-19-16)12-17-13(2)3/h7-8,13-14,17H,4-6,9-12H2,1-3H3. The summed E-state index contributed by atoms with van der Waals surface area (Å²) in [6.07, 6.45) is 5.22. The zero-order valence-electron chi connectivity index (χ0n) is 13.1. The molecule has 4 heteroatoms. The molecule has 1 aromatic heterocycles. The van der Waals surface area contributed by atoms with E-state index in [0.717, 1.165) is 37.1 Å². The van der Waals surface area contributed by atoms with Gasteiger partial charge in [-0.3, -0.25) is 0 Å². The Labute approximate surface area is 123 Å². The number of hydrogen-bond donors (Lipinski definition) is 1. The highest BCUT2D eigenvalue weighted by molar-refractivity contribution is 5.37. The summed E-state index contributed by atoms with van der Waals surface area (Å²) >= 11 is 0. The molecule has 2 rings (SSSR count). The normalized spacial score (nSPS) is 20.2. The molecule has 1 aromatic rings. The van der Waals surface area contributed by atoms with Crippen molar-refractivity contribution in [1.29, 1.82) is 0 Å². The molecule has 1 saturated heterocycles. The fourth-order valence-electron chi connectivity index (χ4n) is 2.73. The van der Waals surface area contributed by atoms with E-state index in [2.05, 4.69) is 53.3 Å². The molecule has 1 N–H and O–H groups in total. The third-order valence-electron chi connectivity index (χ3n) is 4.15. The summed E-state index contributed by atoms with van der Waals surface area (Å²) in [5.74, 6) is 1.93. The fraction of sp³-hybridized carbons (Fsp3) is 0.750. The van der Waals surface area contributed by atoms with Crippen LogP contribution >= 0.6 is 0 Å². The van der Waals surface area contributed by atoms with E-state index in [1.807, 2.05) is 0 Å². The van der Waals surface area contributed by atoms with Crippen molar-refractivity contribution in [3.63, 3.8) is 0 Å². The molecule has 1 atom stereocenters. The summed E-state index contributed by atoms with van der Waals surface area (Å²) < 4.78 is 0. The smallest absolute Gasteiger partial charge is 0.151 e. The van der Waals surface area contributed by atoms with Crippen molar-refractivity contribution in [1.82, 2.24) is 15.5 Å². The van der Waals surface area contributed by atoms with Crippen LogP contribution in [0.15, 0.2) is 12.1 Å². The van der Waals surface area contributed by atoms with Gasteiger partial charge >= 0.3 is 0 Å². The number of hydrogen-bond acceptors (Lipinski definition) is 4. The van der Waals surface area contributed by atoms with Crippen LogP contribution in [-0.2, 0) is 6.54 Å². The van der Waals surface area contributed by atoms with E-state index in [1.54, 1.807) is 0 Å². The lowest BCUT2D eigenvalue weighted by Crippen LogP contribution is -2.26. The third kappa shape index (κ3) is 4.44. The maximum absolute atomic E-state index is 4.41. The highest BCUT2D eigenvalue weighted by atomic mass is 15.3. The molecule has 2 heterocycles. The van der Waals surface area contributed by atoms with Crippen LogP contribution < -0.4 is 10.2 Å². The van der Waals surface area contributed by atoms with Crippen LogP contribution in [0.5, 0.6) is 0 Å². The molecule has 0 amide bonds. The number of aromatic nitrogens is 2. The summed E-state index contributed by atoms with van der Waals surface area (Å²) in [7, 11) is 0. The van der Waals surface area contributed by atoms with Gasteiger partial charge in [-0.1, -0.05) is 27.2 Å². The minimum Gasteiger partial charge on any atom is -0.355 e. The largest absolute Gasteiger partial charge is 0.355 e. The van der Waals surface area contributed by atoms with Crippen molar-refractivity contribution in [3.05, 3.63) is 17.8 Å². The van der Waals surface area contributed by atoms with Crippen LogP contribution in [0.1, 0.15) is 52.1 Å². The predicted octanol–water partition coefficient (Wildman–Crippen LogP) is 2.99.